The maximum atomic E-state index is 9.93. The molecule has 1 nitrogen and oxygen atoms in total. The summed E-state index contributed by atoms with van der Waals surface area (Å²) >= 11 is 0. The van der Waals surface area contributed by atoms with E-state index in [1.165, 1.54) is 64.2 Å². The molecule has 22 heavy (non-hydrogen) atoms. The van der Waals surface area contributed by atoms with Crippen LogP contribution in [0.25, 0.3) is 0 Å². The summed E-state index contributed by atoms with van der Waals surface area (Å²) in [7, 11) is 0. The summed E-state index contributed by atoms with van der Waals surface area (Å²) in [5, 5.41) is 9.93. The standard InChI is InChI=1S/C21H34O/c1-3-5-6-7-8-9-10-11-12-13-16-19(4-2)20-17-14-15-18-21(20)22/h4,14-15,17-19,22H,2-3,5-13,16H2,1H3. The number of allylic oxidation sites excluding steroid dienone is 1. The maximum Gasteiger partial charge on any atom is 0.119 e. The number of benzene rings is 1. The lowest BCUT2D eigenvalue weighted by Gasteiger charge is -2.14. The van der Waals surface area contributed by atoms with Gasteiger partial charge in [-0.25, -0.2) is 0 Å². The van der Waals surface area contributed by atoms with E-state index in [-0.39, 0.29) is 5.92 Å². The zero-order valence-corrected chi connectivity index (χ0v) is 14.4. The molecule has 0 amide bonds. The molecule has 1 rings (SSSR count). The Balaban J connectivity index is 2.08. The minimum atomic E-state index is 0.287. The first-order valence-corrected chi connectivity index (χ1v) is 9.20. The lowest BCUT2D eigenvalue weighted by atomic mass is 9.92. The monoisotopic (exact) mass is 302 g/mol. The molecule has 0 saturated heterocycles. The second kappa shape index (κ2) is 12.3. The lowest BCUT2D eigenvalue weighted by molar-refractivity contribution is 0.461. The average Bonchev–Trinajstić information content (AvgIpc) is 2.54. The van der Waals surface area contributed by atoms with E-state index >= 15 is 0 Å². The van der Waals surface area contributed by atoms with E-state index in [0.717, 1.165) is 12.0 Å². The summed E-state index contributed by atoms with van der Waals surface area (Å²) in [4.78, 5) is 0. The molecule has 1 aromatic carbocycles. The van der Waals surface area contributed by atoms with Crippen LogP contribution in [0.4, 0.5) is 0 Å². The molecule has 0 aromatic heterocycles. The normalized spacial score (nSPS) is 12.2. The molecule has 1 heteroatoms. The van der Waals surface area contributed by atoms with Gasteiger partial charge in [-0.2, -0.15) is 0 Å². The van der Waals surface area contributed by atoms with Gasteiger partial charge in [0.05, 0.1) is 0 Å². The highest BCUT2D eigenvalue weighted by molar-refractivity contribution is 5.36. The van der Waals surface area contributed by atoms with Gasteiger partial charge in [0, 0.05) is 11.5 Å². The molecule has 124 valence electrons. The van der Waals surface area contributed by atoms with Crippen LogP contribution >= 0.6 is 0 Å². The molecule has 1 aromatic rings. The van der Waals surface area contributed by atoms with Crippen LogP contribution in [0.2, 0.25) is 0 Å². The summed E-state index contributed by atoms with van der Waals surface area (Å²) in [5.74, 6) is 0.690. The summed E-state index contributed by atoms with van der Waals surface area (Å²) in [6, 6.07) is 7.64. The van der Waals surface area contributed by atoms with Crippen molar-refractivity contribution in [2.45, 2.75) is 83.5 Å². The fourth-order valence-corrected chi connectivity index (χ4v) is 3.05. The molecule has 0 bridgehead atoms. The first kappa shape index (κ1) is 18.8. The van der Waals surface area contributed by atoms with Crippen LogP contribution in [0.3, 0.4) is 0 Å². The van der Waals surface area contributed by atoms with Gasteiger partial charge in [-0.05, 0) is 12.5 Å². The quantitative estimate of drug-likeness (QED) is 0.308. The fraction of sp³-hybridized carbons (Fsp3) is 0.619. The van der Waals surface area contributed by atoms with Gasteiger partial charge in [-0.15, -0.1) is 6.58 Å². The third kappa shape index (κ3) is 7.68. The highest BCUT2D eigenvalue weighted by Gasteiger charge is 2.10. The average molecular weight is 303 g/mol. The summed E-state index contributed by atoms with van der Waals surface area (Å²) in [6.45, 7) is 6.20. The van der Waals surface area contributed by atoms with Gasteiger partial charge in [0.15, 0.2) is 0 Å². The molecule has 0 saturated carbocycles. The molecule has 0 radical (unpaired) electrons. The summed E-state index contributed by atoms with van der Waals surface area (Å²) in [5.41, 5.74) is 1.02. The zero-order valence-electron chi connectivity index (χ0n) is 14.4. The van der Waals surface area contributed by atoms with Crippen LogP contribution in [-0.2, 0) is 0 Å². The van der Waals surface area contributed by atoms with Crippen molar-refractivity contribution in [1.29, 1.82) is 0 Å². The van der Waals surface area contributed by atoms with Crippen molar-refractivity contribution in [2.75, 3.05) is 0 Å². The van der Waals surface area contributed by atoms with Crippen LogP contribution < -0.4 is 0 Å². The van der Waals surface area contributed by atoms with Gasteiger partial charge in [0.2, 0.25) is 0 Å². The predicted octanol–water partition coefficient (Wildman–Crippen LogP) is 6.97. The van der Waals surface area contributed by atoms with Gasteiger partial charge < -0.3 is 5.11 Å². The second-order valence-corrected chi connectivity index (χ2v) is 6.37. The smallest absolute Gasteiger partial charge is 0.119 e. The molecule has 0 fully saturated rings. The van der Waals surface area contributed by atoms with Crippen LogP contribution in [0.1, 0.15) is 89.0 Å². The number of rotatable bonds is 13. The predicted molar refractivity (Wildman–Crippen MR) is 97.5 cm³/mol. The van der Waals surface area contributed by atoms with Crippen molar-refractivity contribution in [3.8, 4) is 5.75 Å². The molecular weight excluding hydrogens is 268 g/mol. The van der Waals surface area contributed by atoms with E-state index in [2.05, 4.69) is 13.5 Å². The summed E-state index contributed by atoms with van der Waals surface area (Å²) < 4.78 is 0. The van der Waals surface area contributed by atoms with Crippen molar-refractivity contribution < 1.29 is 5.11 Å². The number of phenolic OH excluding ortho intramolecular Hbond substituents is 1. The number of hydrogen-bond acceptors (Lipinski definition) is 1. The molecule has 0 aliphatic rings. The lowest BCUT2D eigenvalue weighted by Crippen LogP contribution is -1.95. The van der Waals surface area contributed by atoms with Crippen molar-refractivity contribution in [3.63, 3.8) is 0 Å². The molecular formula is C21H34O. The van der Waals surface area contributed by atoms with Crippen LogP contribution in [0.15, 0.2) is 36.9 Å². The van der Waals surface area contributed by atoms with E-state index in [1.54, 1.807) is 6.07 Å². The van der Waals surface area contributed by atoms with Gasteiger partial charge in [-0.3, -0.25) is 0 Å². The fourth-order valence-electron chi connectivity index (χ4n) is 3.05. The van der Waals surface area contributed by atoms with Gasteiger partial charge in [-0.1, -0.05) is 95.4 Å². The molecule has 0 aliphatic heterocycles. The van der Waals surface area contributed by atoms with E-state index in [1.807, 2.05) is 24.3 Å². The molecule has 0 aliphatic carbocycles. The minimum absolute atomic E-state index is 0.287. The molecule has 0 spiro atoms. The molecule has 1 atom stereocenters. The Bertz CT molecular complexity index is 397. The SMILES string of the molecule is C=CC(CCCCCCCCCCCC)c1ccccc1O. The van der Waals surface area contributed by atoms with Gasteiger partial charge >= 0.3 is 0 Å². The molecule has 1 N–H and O–H groups in total. The van der Waals surface area contributed by atoms with Crippen LogP contribution in [-0.4, -0.2) is 5.11 Å². The topological polar surface area (TPSA) is 20.2 Å². The van der Waals surface area contributed by atoms with Gasteiger partial charge in [0.1, 0.15) is 5.75 Å². The number of hydrogen-bond donors (Lipinski definition) is 1. The van der Waals surface area contributed by atoms with E-state index in [4.69, 9.17) is 0 Å². The Morgan fingerprint density at radius 2 is 1.45 bits per heavy atom. The van der Waals surface area contributed by atoms with Crippen LogP contribution in [0, 0.1) is 0 Å². The number of para-hydroxylation sites is 1. The van der Waals surface area contributed by atoms with Crippen molar-refractivity contribution in [3.05, 3.63) is 42.5 Å². The highest BCUT2D eigenvalue weighted by Crippen LogP contribution is 2.30. The minimum Gasteiger partial charge on any atom is -0.508 e. The Hall–Kier alpha value is -1.24. The highest BCUT2D eigenvalue weighted by atomic mass is 16.3. The zero-order chi connectivity index (χ0) is 16.0. The second-order valence-electron chi connectivity index (χ2n) is 6.37. The number of phenols is 1. The number of aromatic hydroxyl groups is 1. The van der Waals surface area contributed by atoms with Crippen molar-refractivity contribution >= 4 is 0 Å². The largest absolute Gasteiger partial charge is 0.508 e. The third-order valence-corrected chi connectivity index (χ3v) is 4.49. The Labute approximate surface area is 137 Å². The Morgan fingerprint density at radius 1 is 0.909 bits per heavy atom. The van der Waals surface area contributed by atoms with E-state index in [0.29, 0.717) is 5.75 Å². The molecule has 0 heterocycles. The Morgan fingerprint density at radius 3 is 2.00 bits per heavy atom. The molecule has 1 unspecified atom stereocenters. The number of unbranched alkanes of at least 4 members (excludes halogenated alkanes) is 9. The first-order valence-electron chi connectivity index (χ1n) is 9.20. The summed E-state index contributed by atoms with van der Waals surface area (Å²) in [6.07, 6.45) is 16.7. The third-order valence-electron chi connectivity index (χ3n) is 4.49. The van der Waals surface area contributed by atoms with E-state index < -0.39 is 0 Å². The van der Waals surface area contributed by atoms with Gasteiger partial charge in [0.25, 0.3) is 0 Å². The maximum absolute atomic E-state index is 9.93. The first-order chi connectivity index (χ1) is 10.8. The van der Waals surface area contributed by atoms with Crippen molar-refractivity contribution in [1.82, 2.24) is 0 Å². The van der Waals surface area contributed by atoms with Crippen LogP contribution in [0.5, 0.6) is 5.75 Å². The van der Waals surface area contributed by atoms with E-state index in [9.17, 15) is 5.11 Å². The van der Waals surface area contributed by atoms with Crippen molar-refractivity contribution in [2.24, 2.45) is 0 Å². The Kier molecular flexibility index (Phi) is 10.5.